The van der Waals surface area contributed by atoms with E-state index in [2.05, 4.69) is 29.5 Å². The fourth-order valence-corrected chi connectivity index (χ4v) is 2.87. The maximum atomic E-state index is 12.0. The van der Waals surface area contributed by atoms with Crippen molar-refractivity contribution in [2.75, 3.05) is 11.9 Å². The second kappa shape index (κ2) is 7.42. The van der Waals surface area contributed by atoms with Gasteiger partial charge in [-0.05, 0) is 31.7 Å². The van der Waals surface area contributed by atoms with Gasteiger partial charge in [-0.15, -0.1) is 0 Å². The fraction of sp³-hybridized carbons (Fsp3) is 0.444. The van der Waals surface area contributed by atoms with Gasteiger partial charge in [0.1, 0.15) is 0 Å². The van der Waals surface area contributed by atoms with Crippen molar-refractivity contribution in [1.82, 2.24) is 9.78 Å². The summed E-state index contributed by atoms with van der Waals surface area (Å²) in [5, 5.41) is 7.33. The van der Waals surface area contributed by atoms with E-state index in [1.165, 1.54) is 5.56 Å². The van der Waals surface area contributed by atoms with E-state index >= 15 is 0 Å². The zero-order valence-corrected chi connectivity index (χ0v) is 13.4. The Kier molecular flexibility index (Phi) is 5.08. The molecule has 1 aromatic heterocycles. The largest absolute Gasteiger partial charge is 0.378 e. The van der Waals surface area contributed by atoms with E-state index in [0.29, 0.717) is 12.2 Å². The average Bonchev–Trinajstić information content (AvgIpc) is 3.25. The first-order valence-electron chi connectivity index (χ1n) is 8.24. The molecule has 2 aromatic rings. The first kappa shape index (κ1) is 15.7. The van der Waals surface area contributed by atoms with Gasteiger partial charge in [0.05, 0.1) is 12.1 Å². The van der Waals surface area contributed by atoms with Crippen LogP contribution in [0, 0.1) is 0 Å². The van der Waals surface area contributed by atoms with Crippen LogP contribution in [0.5, 0.6) is 0 Å². The van der Waals surface area contributed by atoms with Crippen LogP contribution in [0.1, 0.15) is 44.2 Å². The van der Waals surface area contributed by atoms with Crippen LogP contribution in [0.2, 0.25) is 0 Å². The molecule has 0 saturated carbocycles. The van der Waals surface area contributed by atoms with Gasteiger partial charge in [0.2, 0.25) is 5.91 Å². The van der Waals surface area contributed by atoms with Gasteiger partial charge in [-0.25, -0.2) is 0 Å². The SMILES string of the molecule is C[C@@H](c1ccccc1)n1ccc(NC(=O)CC[C@H]2CCCO2)n1. The van der Waals surface area contributed by atoms with Crippen molar-refractivity contribution >= 4 is 11.7 Å². The molecule has 23 heavy (non-hydrogen) atoms. The van der Waals surface area contributed by atoms with Crippen LogP contribution in [-0.2, 0) is 9.53 Å². The molecule has 0 unspecified atom stereocenters. The second-order valence-electron chi connectivity index (χ2n) is 5.99. The van der Waals surface area contributed by atoms with Crippen molar-refractivity contribution in [3.8, 4) is 0 Å². The number of amides is 1. The number of carbonyl (C=O) groups excluding carboxylic acids is 1. The maximum Gasteiger partial charge on any atom is 0.225 e. The van der Waals surface area contributed by atoms with Gasteiger partial charge < -0.3 is 10.1 Å². The maximum absolute atomic E-state index is 12.0. The Morgan fingerprint density at radius 3 is 2.96 bits per heavy atom. The van der Waals surface area contributed by atoms with Crippen LogP contribution >= 0.6 is 0 Å². The first-order chi connectivity index (χ1) is 11.2. The summed E-state index contributed by atoms with van der Waals surface area (Å²) in [7, 11) is 0. The van der Waals surface area contributed by atoms with Crippen molar-refractivity contribution in [3.63, 3.8) is 0 Å². The van der Waals surface area contributed by atoms with Gasteiger partial charge in [-0.3, -0.25) is 9.48 Å². The molecule has 0 aliphatic carbocycles. The molecule has 1 saturated heterocycles. The summed E-state index contributed by atoms with van der Waals surface area (Å²) in [6.07, 6.45) is 5.58. The minimum Gasteiger partial charge on any atom is -0.378 e. The molecule has 2 atom stereocenters. The predicted octanol–water partition coefficient (Wildman–Crippen LogP) is 3.39. The predicted molar refractivity (Wildman–Crippen MR) is 89.3 cm³/mol. The lowest BCUT2D eigenvalue weighted by Gasteiger charge is -2.12. The normalized spacial score (nSPS) is 18.7. The lowest BCUT2D eigenvalue weighted by atomic mass is 10.1. The Morgan fingerprint density at radius 2 is 2.22 bits per heavy atom. The Balaban J connectivity index is 1.53. The first-order valence-corrected chi connectivity index (χ1v) is 8.24. The number of rotatable bonds is 6. The van der Waals surface area contributed by atoms with Gasteiger partial charge in [-0.1, -0.05) is 30.3 Å². The highest BCUT2D eigenvalue weighted by Gasteiger charge is 2.17. The van der Waals surface area contributed by atoms with Gasteiger partial charge in [0.15, 0.2) is 5.82 Å². The van der Waals surface area contributed by atoms with Crippen LogP contribution in [0.25, 0.3) is 0 Å². The van der Waals surface area contributed by atoms with Crippen molar-refractivity contribution in [1.29, 1.82) is 0 Å². The molecule has 122 valence electrons. The third-order valence-electron chi connectivity index (χ3n) is 4.27. The number of nitrogens with zero attached hydrogens (tertiary/aromatic N) is 2. The summed E-state index contributed by atoms with van der Waals surface area (Å²) in [5.41, 5.74) is 1.19. The number of hydrogen-bond donors (Lipinski definition) is 1. The molecule has 0 radical (unpaired) electrons. The molecule has 5 nitrogen and oxygen atoms in total. The molecule has 1 aliphatic rings. The van der Waals surface area contributed by atoms with Crippen molar-refractivity contribution in [3.05, 3.63) is 48.2 Å². The van der Waals surface area contributed by atoms with E-state index in [-0.39, 0.29) is 18.1 Å². The van der Waals surface area contributed by atoms with Crippen LogP contribution < -0.4 is 5.32 Å². The lowest BCUT2D eigenvalue weighted by Crippen LogP contribution is -2.16. The molecular weight excluding hydrogens is 290 g/mol. The van der Waals surface area contributed by atoms with E-state index < -0.39 is 0 Å². The van der Waals surface area contributed by atoms with Crippen LogP contribution in [0.15, 0.2) is 42.6 Å². The smallest absolute Gasteiger partial charge is 0.225 e. The summed E-state index contributed by atoms with van der Waals surface area (Å²) in [5.74, 6) is 0.600. The van der Waals surface area contributed by atoms with Gasteiger partial charge in [0.25, 0.3) is 0 Å². The molecule has 5 heteroatoms. The molecule has 0 spiro atoms. The quantitative estimate of drug-likeness (QED) is 0.889. The molecule has 1 aliphatic heterocycles. The number of nitrogens with one attached hydrogen (secondary N) is 1. The Bertz CT molecular complexity index is 633. The van der Waals surface area contributed by atoms with Crippen LogP contribution in [0.4, 0.5) is 5.82 Å². The van der Waals surface area contributed by atoms with Crippen molar-refractivity contribution < 1.29 is 9.53 Å². The zero-order chi connectivity index (χ0) is 16.1. The second-order valence-corrected chi connectivity index (χ2v) is 5.99. The highest BCUT2D eigenvalue weighted by Crippen LogP contribution is 2.19. The van der Waals surface area contributed by atoms with Crippen molar-refractivity contribution in [2.24, 2.45) is 0 Å². The molecule has 0 bridgehead atoms. The molecular formula is C18H23N3O2. The number of carbonyl (C=O) groups is 1. The Hall–Kier alpha value is -2.14. The molecule has 1 aromatic carbocycles. The summed E-state index contributed by atoms with van der Waals surface area (Å²) in [6, 6.07) is 12.2. The van der Waals surface area contributed by atoms with Gasteiger partial charge >= 0.3 is 0 Å². The minimum absolute atomic E-state index is 0.00175. The Labute approximate surface area is 136 Å². The summed E-state index contributed by atoms with van der Waals surface area (Å²) in [6.45, 7) is 2.92. The molecule has 3 rings (SSSR count). The van der Waals surface area contributed by atoms with E-state index in [1.54, 1.807) is 0 Å². The van der Waals surface area contributed by atoms with Crippen LogP contribution in [0.3, 0.4) is 0 Å². The van der Waals surface area contributed by atoms with Gasteiger partial charge in [0, 0.05) is 25.3 Å². The number of hydrogen-bond acceptors (Lipinski definition) is 3. The standard InChI is InChI=1S/C18H23N3O2/c1-14(15-6-3-2-4-7-15)21-12-11-17(20-21)19-18(22)10-9-16-8-5-13-23-16/h2-4,6-7,11-12,14,16H,5,8-10,13H2,1H3,(H,19,20,22)/t14-,16+/m0/s1. The molecule has 1 N–H and O–H groups in total. The zero-order valence-electron chi connectivity index (χ0n) is 13.4. The van der Waals surface area contributed by atoms with E-state index in [1.807, 2.05) is 35.1 Å². The molecule has 2 heterocycles. The summed E-state index contributed by atoms with van der Waals surface area (Å²) < 4.78 is 7.40. The number of anilines is 1. The highest BCUT2D eigenvalue weighted by molar-refractivity contribution is 5.89. The molecule has 1 amide bonds. The van der Waals surface area contributed by atoms with E-state index in [4.69, 9.17) is 4.74 Å². The summed E-state index contributed by atoms with van der Waals surface area (Å²) >= 11 is 0. The minimum atomic E-state index is -0.00175. The Morgan fingerprint density at radius 1 is 1.39 bits per heavy atom. The number of aromatic nitrogens is 2. The lowest BCUT2D eigenvalue weighted by molar-refractivity contribution is -0.116. The topological polar surface area (TPSA) is 56.2 Å². The number of ether oxygens (including phenoxy) is 1. The van der Waals surface area contributed by atoms with E-state index in [9.17, 15) is 4.79 Å². The number of benzene rings is 1. The molecule has 1 fully saturated rings. The highest BCUT2D eigenvalue weighted by atomic mass is 16.5. The third-order valence-corrected chi connectivity index (χ3v) is 4.27. The van der Waals surface area contributed by atoms with Gasteiger partial charge in [-0.2, -0.15) is 5.10 Å². The third kappa shape index (κ3) is 4.20. The van der Waals surface area contributed by atoms with E-state index in [0.717, 1.165) is 25.9 Å². The monoisotopic (exact) mass is 313 g/mol. The van der Waals surface area contributed by atoms with Crippen LogP contribution in [-0.4, -0.2) is 28.4 Å². The average molecular weight is 313 g/mol. The van der Waals surface area contributed by atoms with Crippen molar-refractivity contribution in [2.45, 2.75) is 44.8 Å². The summed E-state index contributed by atoms with van der Waals surface area (Å²) in [4.78, 5) is 12.0. The fourth-order valence-electron chi connectivity index (χ4n) is 2.87.